The van der Waals surface area contributed by atoms with Gasteiger partial charge in [-0.2, -0.15) is 0 Å². The second kappa shape index (κ2) is 6.01. The van der Waals surface area contributed by atoms with Crippen LogP contribution in [0.15, 0.2) is 22.7 Å². The van der Waals surface area contributed by atoms with Crippen molar-refractivity contribution in [2.24, 2.45) is 5.41 Å². The van der Waals surface area contributed by atoms with E-state index in [2.05, 4.69) is 21.2 Å². The third-order valence-electron chi connectivity index (χ3n) is 4.33. The molecule has 1 heterocycles. The van der Waals surface area contributed by atoms with Crippen molar-refractivity contribution in [3.8, 4) is 0 Å². The highest BCUT2D eigenvalue weighted by atomic mass is 79.9. The average molecular weight is 367 g/mol. The molecule has 1 aromatic rings. The number of carbonyl (C=O) groups excluding carboxylic acids is 2. The van der Waals surface area contributed by atoms with Gasteiger partial charge in [-0.05, 0) is 43.5 Å². The molecule has 0 bridgehead atoms. The van der Waals surface area contributed by atoms with E-state index in [4.69, 9.17) is 4.74 Å². The van der Waals surface area contributed by atoms with Crippen LogP contribution < -0.4 is 5.32 Å². The molecule has 1 aromatic carbocycles. The Kier molecular flexibility index (Phi) is 4.23. The van der Waals surface area contributed by atoms with Gasteiger partial charge in [0.15, 0.2) is 0 Å². The van der Waals surface area contributed by atoms with Crippen LogP contribution in [-0.2, 0) is 14.3 Å². The Morgan fingerprint density at radius 1 is 1.27 bits per heavy atom. The Morgan fingerprint density at radius 3 is 2.55 bits per heavy atom. The number of carbonyl (C=O) groups is 2. The molecule has 2 amide bonds. The van der Waals surface area contributed by atoms with Gasteiger partial charge in [-0.1, -0.05) is 15.9 Å². The van der Waals surface area contributed by atoms with Crippen molar-refractivity contribution < 1.29 is 14.3 Å². The molecule has 0 unspecified atom stereocenters. The van der Waals surface area contributed by atoms with E-state index in [0.717, 1.165) is 15.7 Å². The molecule has 1 saturated carbocycles. The Hall–Kier alpha value is -1.40. The third kappa shape index (κ3) is 2.90. The summed E-state index contributed by atoms with van der Waals surface area (Å²) in [5, 5.41) is 2.92. The highest BCUT2D eigenvalue weighted by molar-refractivity contribution is 9.10. The van der Waals surface area contributed by atoms with Crippen molar-refractivity contribution in [2.45, 2.75) is 19.8 Å². The summed E-state index contributed by atoms with van der Waals surface area (Å²) in [7, 11) is 0. The first-order valence-electron chi connectivity index (χ1n) is 7.48. The third-order valence-corrected chi connectivity index (χ3v) is 4.82. The van der Waals surface area contributed by atoms with Crippen LogP contribution in [0.1, 0.15) is 18.4 Å². The van der Waals surface area contributed by atoms with Crippen LogP contribution in [0.3, 0.4) is 0 Å². The van der Waals surface area contributed by atoms with Crippen molar-refractivity contribution in [2.75, 3.05) is 31.6 Å². The van der Waals surface area contributed by atoms with Crippen LogP contribution in [0.2, 0.25) is 0 Å². The molecule has 1 N–H and O–H groups in total. The maximum absolute atomic E-state index is 12.7. The lowest BCUT2D eigenvalue weighted by molar-refractivity contribution is -0.145. The molecule has 0 spiro atoms. The lowest BCUT2D eigenvalue weighted by Gasteiger charge is -2.30. The number of morpholine rings is 1. The van der Waals surface area contributed by atoms with Crippen LogP contribution in [0.5, 0.6) is 0 Å². The lowest BCUT2D eigenvalue weighted by atomic mass is 10.0. The first-order valence-corrected chi connectivity index (χ1v) is 8.27. The second-order valence-electron chi connectivity index (χ2n) is 5.90. The fourth-order valence-corrected chi connectivity index (χ4v) is 3.22. The molecule has 2 aliphatic rings. The highest BCUT2D eigenvalue weighted by Gasteiger charge is 2.58. The summed E-state index contributed by atoms with van der Waals surface area (Å²) in [5.74, 6) is -0.238. The Balaban J connectivity index is 1.72. The van der Waals surface area contributed by atoms with Gasteiger partial charge in [-0.15, -0.1) is 0 Å². The predicted molar refractivity (Wildman–Crippen MR) is 86.6 cm³/mol. The number of hydrogen-bond acceptors (Lipinski definition) is 3. The van der Waals surface area contributed by atoms with Crippen LogP contribution in [-0.4, -0.2) is 43.0 Å². The lowest BCUT2D eigenvalue weighted by Crippen LogP contribution is -2.47. The quantitative estimate of drug-likeness (QED) is 0.835. The summed E-state index contributed by atoms with van der Waals surface area (Å²) >= 11 is 3.40. The average Bonchev–Trinajstić information content (AvgIpc) is 3.32. The number of ether oxygens (including phenoxy) is 1. The SMILES string of the molecule is Cc1cc(Br)ccc1NC(=O)C1(C(=O)N2CCOCC2)CC1. The molecule has 0 radical (unpaired) electrons. The summed E-state index contributed by atoms with van der Waals surface area (Å²) in [6.45, 7) is 4.19. The summed E-state index contributed by atoms with van der Waals surface area (Å²) in [6.07, 6.45) is 1.26. The van der Waals surface area contributed by atoms with E-state index >= 15 is 0 Å². The Morgan fingerprint density at radius 2 is 1.95 bits per heavy atom. The van der Waals surface area contributed by atoms with Crippen molar-refractivity contribution in [3.05, 3.63) is 28.2 Å². The number of hydrogen-bond donors (Lipinski definition) is 1. The minimum absolute atomic E-state index is 0.0527. The second-order valence-corrected chi connectivity index (χ2v) is 6.82. The topological polar surface area (TPSA) is 58.6 Å². The number of aryl methyl sites for hydroxylation is 1. The largest absolute Gasteiger partial charge is 0.378 e. The van der Waals surface area contributed by atoms with Gasteiger partial charge < -0.3 is 15.0 Å². The normalized spacial score (nSPS) is 19.6. The van der Waals surface area contributed by atoms with E-state index in [1.165, 1.54) is 0 Å². The number of nitrogens with zero attached hydrogens (tertiary/aromatic N) is 1. The predicted octanol–water partition coefficient (Wildman–Crippen LogP) is 2.34. The molecular weight excluding hydrogens is 348 g/mol. The van der Waals surface area contributed by atoms with Crippen molar-refractivity contribution in [1.29, 1.82) is 0 Å². The molecule has 2 fully saturated rings. The van der Waals surface area contributed by atoms with Crippen LogP contribution in [0.25, 0.3) is 0 Å². The fraction of sp³-hybridized carbons (Fsp3) is 0.500. The molecule has 6 heteroatoms. The summed E-state index contributed by atoms with van der Waals surface area (Å²) in [5.41, 5.74) is 0.864. The van der Waals surface area contributed by atoms with Crippen molar-refractivity contribution >= 4 is 33.4 Å². The maximum Gasteiger partial charge on any atom is 0.240 e. The molecule has 1 saturated heterocycles. The molecule has 5 nitrogen and oxygen atoms in total. The minimum Gasteiger partial charge on any atom is -0.378 e. The van der Waals surface area contributed by atoms with Crippen molar-refractivity contribution in [1.82, 2.24) is 4.90 Å². The van der Waals surface area contributed by atoms with Gasteiger partial charge in [-0.25, -0.2) is 0 Å². The number of benzene rings is 1. The molecular formula is C16H19BrN2O3. The molecule has 0 aromatic heterocycles. The molecule has 3 rings (SSSR count). The summed E-state index contributed by atoms with van der Waals surface area (Å²) in [6, 6.07) is 5.68. The Labute approximate surface area is 138 Å². The van der Waals surface area contributed by atoms with Gasteiger partial charge in [0.2, 0.25) is 11.8 Å². The van der Waals surface area contributed by atoms with E-state index in [1.54, 1.807) is 4.90 Å². The number of rotatable bonds is 3. The van der Waals surface area contributed by atoms with Crippen LogP contribution in [0, 0.1) is 12.3 Å². The van der Waals surface area contributed by atoms with Gasteiger partial charge in [0.1, 0.15) is 5.41 Å². The van der Waals surface area contributed by atoms with E-state index < -0.39 is 5.41 Å². The van der Waals surface area contributed by atoms with E-state index in [9.17, 15) is 9.59 Å². The first kappa shape index (κ1) is 15.5. The van der Waals surface area contributed by atoms with Gasteiger partial charge in [-0.3, -0.25) is 9.59 Å². The molecule has 22 heavy (non-hydrogen) atoms. The highest BCUT2D eigenvalue weighted by Crippen LogP contribution is 2.48. The Bertz CT molecular complexity index is 607. The molecule has 0 atom stereocenters. The summed E-state index contributed by atoms with van der Waals surface area (Å²) in [4.78, 5) is 27.0. The van der Waals surface area contributed by atoms with E-state index in [1.807, 2.05) is 25.1 Å². The monoisotopic (exact) mass is 366 g/mol. The van der Waals surface area contributed by atoms with Gasteiger partial charge in [0.25, 0.3) is 0 Å². The number of nitrogens with one attached hydrogen (secondary N) is 1. The fourth-order valence-electron chi connectivity index (χ4n) is 2.74. The number of halogens is 1. The zero-order valence-electron chi connectivity index (χ0n) is 12.5. The molecule has 118 valence electrons. The number of anilines is 1. The minimum atomic E-state index is -0.864. The summed E-state index contributed by atoms with van der Waals surface area (Å²) < 4.78 is 6.23. The van der Waals surface area contributed by atoms with Crippen molar-refractivity contribution in [3.63, 3.8) is 0 Å². The van der Waals surface area contributed by atoms with Crippen LogP contribution in [0.4, 0.5) is 5.69 Å². The standard InChI is InChI=1S/C16H19BrN2O3/c1-11-10-12(17)2-3-13(11)18-14(20)16(4-5-16)15(21)19-6-8-22-9-7-19/h2-3,10H,4-9H2,1H3,(H,18,20). The maximum atomic E-state index is 12.7. The number of amides is 2. The molecule has 1 aliphatic carbocycles. The smallest absolute Gasteiger partial charge is 0.240 e. The van der Waals surface area contributed by atoms with Gasteiger partial charge >= 0.3 is 0 Å². The van der Waals surface area contributed by atoms with Gasteiger partial charge in [0.05, 0.1) is 13.2 Å². The van der Waals surface area contributed by atoms with E-state index in [-0.39, 0.29) is 11.8 Å². The van der Waals surface area contributed by atoms with E-state index in [0.29, 0.717) is 39.1 Å². The molecule has 1 aliphatic heterocycles. The van der Waals surface area contributed by atoms with Crippen LogP contribution >= 0.6 is 15.9 Å². The zero-order valence-corrected chi connectivity index (χ0v) is 14.1. The first-order chi connectivity index (χ1) is 10.5. The zero-order chi connectivity index (χ0) is 15.7. The van der Waals surface area contributed by atoms with Gasteiger partial charge in [0, 0.05) is 23.2 Å².